The highest BCUT2D eigenvalue weighted by atomic mass is 19.2. The zero-order valence-electron chi connectivity index (χ0n) is 42.6. The molecule has 4 aliphatic rings. The lowest BCUT2D eigenvalue weighted by molar-refractivity contribution is -0.137. The first-order valence-electron chi connectivity index (χ1n) is 25.5. The summed E-state index contributed by atoms with van der Waals surface area (Å²) in [6.45, 7) is 4.44. The van der Waals surface area contributed by atoms with E-state index in [9.17, 15) is 23.2 Å². The summed E-state index contributed by atoms with van der Waals surface area (Å²) in [5, 5.41) is 2.56. The summed E-state index contributed by atoms with van der Waals surface area (Å²) in [6, 6.07) is 7.67. The zero-order chi connectivity index (χ0) is 53.7. The highest BCUT2D eigenvalue weighted by Gasteiger charge is 2.42. The summed E-state index contributed by atoms with van der Waals surface area (Å²) in [7, 11) is 4.12. The summed E-state index contributed by atoms with van der Waals surface area (Å²) in [5.41, 5.74) is 1.15. The number of likely N-dealkylation sites (tertiary alicyclic amines) is 2. The number of alkyl carbamates (subject to hydrolysis) is 1. The van der Waals surface area contributed by atoms with Gasteiger partial charge in [0.25, 0.3) is 0 Å². The molecule has 76 heavy (non-hydrogen) atoms. The van der Waals surface area contributed by atoms with Crippen LogP contribution in [0.15, 0.2) is 54.6 Å². The molecule has 0 saturated carbocycles. The third-order valence-electron chi connectivity index (χ3n) is 15.5. The maximum atomic E-state index is 16.9. The average molecular weight is 1060 g/mol. The second-order valence-corrected chi connectivity index (χ2v) is 19.9. The van der Waals surface area contributed by atoms with Gasteiger partial charge in [-0.2, -0.15) is 0 Å². The number of para-hydroxylation sites is 1. The number of nitrogens with one attached hydrogen (secondary N) is 3. The minimum atomic E-state index is -1.08. The molecule has 10 rings (SSSR count). The number of aromatic amines is 2. The van der Waals surface area contributed by atoms with Crippen LogP contribution in [0.3, 0.4) is 0 Å². The van der Waals surface area contributed by atoms with Gasteiger partial charge in [0.2, 0.25) is 11.8 Å². The Labute approximate surface area is 434 Å². The number of fused-ring (bicyclic) bond motifs is 2. The first kappa shape index (κ1) is 52.4. The number of carbonyl (C=O) groups excluding carboxylic acids is 3. The van der Waals surface area contributed by atoms with Crippen molar-refractivity contribution < 1.29 is 54.9 Å². The van der Waals surface area contributed by atoms with Crippen LogP contribution < -0.4 is 20.0 Å². The lowest BCUT2D eigenvalue weighted by Gasteiger charge is -2.38. The molecular formula is C54H59F6N10O6. The third-order valence-corrected chi connectivity index (χ3v) is 15.5. The maximum Gasteiger partial charge on any atom is 0.407 e. The molecule has 4 aromatic carbocycles. The molecule has 0 aliphatic carbocycles. The van der Waals surface area contributed by atoms with Gasteiger partial charge in [0.15, 0.2) is 11.6 Å². The van der Waals surface area contributed by atoms with E-state index in [1.807, 2.05) is 0 Å². The Bertz CT molecular complexity index is 3120. The minimum absolute atomic E-state index is 0.00454. The van der Waals surface area contributed by atoms with E-state index < -0.39 is 89.3 Å². The first-order valence-corrected chi connectivity index (χ1v) is 25.5. The van der Waals surface area contributed by atoms with Crippen LogP contribution in [-0.2, 0) is 23.8 Å². The lowest BCUT2D eigenvalue weighted by Crippen LogP contribution is -2.54. The second kappa shape index (κ2) is 21.5. The number of hydrogen-bond acceptors (Lipinski definition) is 11. The third kappa shape index (κ3) is 9.84. The smallest absolute Gasteiger partial charge is 0.407 e. The molecule has 4 saturated heterocycles. The van der Waals surface area contributed by atoms with Gasteiger partial charge in [0.1, 0.15) is 52.3 Å². The number of anilines is 3. The molecule has 6 heterocycles. The van der Waals surface area contributed by atoms with E-state index in [2.05, 4.69) is 15.3 Å². The van der Waals surface area contributed by atoms with Gasteiger partial charge < -0.3 is 54.0 Å². The standard InChI is InChI=1S/C54H59F6N10O6/c1-28(74-3)21-47(71)68-15-7-11-45(68)51-61-39-24-31(35(57)26-41(39)63-51)43-13-14-44(70(43)30-22-37(59)50(38(60)23-30)67-19-17-66(18-20-67)49-33(55)9-6-10-34(49)56)32-25-40-42(27-36(32)58)64-52(62-40)46-12-8-16-69(46)53(72)48(29(2)75-4)65-54(73)76-5/h6,9-10,21-29,43-46,48H,7-8,11-20H2,1-5H3,(H,61,63)(H,62,64)(H,65,73)/t28-,29-,43+,44+,45+,46+,48+/m1/s1. The molecule has 0 spiro atoms. The van der Waals surface area contributed by atoms with Crippen LogP contribution in [-0.4, -0.2) is 126 Å². The Morgan fingerprint density at radius 1 is 0.632 bits per heavy atom. The number of hydrogen-bond donors (Lipinski definition) is 3. The molecule has 3 N–H and O–H groups in total. The van der Waals surface area contributed by atoms with Crippen LogP contribution in [0.2, 0.25) is 0 Å². The molecule has 4 fully saturated rings. The topological polar surface area (TPSA) is 164 Å². The molecule has 6 aromatic rings. The molecular weight excluding hydrogens is 999 g/mol. The summed E-state index contributed by atoms with van der Waals surface area (Å²) in [6.07, 6.45) is 2.44. The molecule has 7 atom stereocenters. The summed E-state index contributed by atoms with van der Waals surface area (Å²) >= 11 is 0. The Balaban J connectivity index is 0.997. The van der Waals surface area contributed by atoms with Crippen LogP contribution >= 0.6 is 0 Å². The molecule has 403 valence electrons. The highest BCUT2D eigenvalue weighted by molar-refractivity contribution is 5.87. The fourth-order valence-corrected chi connectivity index (χ4v) is 11.6. The number of piperazine rings is 1. The van der Waals surface area contributed by atoms with E-state index in [1.165, 1.54) is 55.7 Å². The molecule has 1 radical (unpaired) electrons. The Morgan fingerprint density at radius 3 is 1.63 bits per heavy atom. The van der Waals surface area contributed by atoms with Crippen molar-refractivity contribution in [3.63, 3.8) is 0 Å². The van der Waals surface area contributed by atoms with E-state index in [0.717, 1.165) is 30.7 Å². The Hall–Kier alpha value is -7.07. The predicted molar refractivity (Wildman–Crippen MR) is 270 cm³/mol. The average Bonchev–Trinajstić information content (AvgIpc) is 4.32. The molecule has 0 unspecified atom stereocenters. The Morgan fingerprint density at radius 2 is 1.13 bits per heavy atom. The fraction of sp³-hybridized carbons (Fsp3) is 0.444. The van der Waals surface area contributed by atoms with Crippen molar-refractivity contribution in [2.75, 3.05) is 75.3 Å². The van der Waals surface area contributed by atoms with Crippen LogP contribution in [0.5, 0.6) is 0 Å². The number of imidazole rings is 2. The Kier molecular flexibility index (Phi) is 14.8. The van der Waals surface area contributed by atoms with Crippen LogP contribution in [0.1, 0.15) is 99.3 Å². The van der Waals surface area contributed by atoms with Crippen LogP contribution in [0.4, 0.5) is 48.2 Å². The van der Waals surface area contributed by atoms with Gasteiger partial charge in [-0.1, -0.05) is 6.07 Å². The number of H-pyrrole nitrogens is 2. The number of carbonyl (C=O) groups is 3. The SMILES string of the molecule is COC(=O)N[C@H](C(=O)N1CCC[C@H]1c1nc2cc([C@@H]3CC[C@@H](c4cc5nc([C@@H]6CCCN6C(=O)[CH][C@@H](C)OC)[nH]c5cc4F)N3c3cc(F)c(N4CCN(c5c(F)cccc5F)CC4)c(F)c3)c(F)cc2[nH]1)[C@@H](C)OC. The lowest BCUT2D eigenvalue weighted by atomic mass is 10.0. The van der Waals surface area contributed by atoms with Crippen molar-refractivity contribution in [1.82, 2.24) is 35.1 Å². The van der Waals surface area contributed by atoms with Crippen molar-refractivity contribution >= 4 is 57.0 Å². The minimum Gasteiger partial charge on any atom is -0.453 e. The zero-order valence-corrected chi connectivity index (χ0v) is 42.6. The number of amides is 3. The van der Waals surface area contributed by atoms with Crippen LogP contribution in [0.25, 0.3) is 22.1 Å². The molecule has 3 amide bonds. The van der Waals surface area contributed by atoms with E-state index in [1.54, 1.807) is 40.7 Å². The van der Waals surface area contributed by atoms with Crippen molar-refractivity contribution in [2.24, 2.45) is 0 Å². The summed E-state index contributed by atoms with van der Waals surface area (Å²) in [5.74, 6) is -4.50. The first-order chi connectivity index (χ1) is 36.6. The van der Waals surface area contributed by atoms with Crippen molar-refractivity contribution in [1.29, 1.82) is 0 Å². The second-order valence-electron chi connectivity index (χ2n) is 19.9. The van der Waals surface area contributed by atoms with Crippen molar-refractivity contribution in [2.45, 2.75) is 94.8 Å². The number of halogens is 6. The highest BCUT2D eigenvalue weighted by Crippen LogP contribution is 2.50. The number of rotatable bonds is 14. The molecule has 22 heteroatoms. The molecule has 16 nitrogen and oxygen atoms in total. The molecule has 2 aromatic heterocycles. The van der Waals surface area contributed by atoms with Gasteiger partial charge in [0.05, 0.1) is 72.0 Å². The van der Waals surface area contributed by atoms with Gasteiger partial charge in [-0.3, -0.25) is 9.59 Å². The number of methoxy groups -OCH3 is 3. The molecule has 4 aliphatic heterocycles. The number of ether oxygens (including phenoxy) is 3. The van der Waals surface area contributed by atoms with E-state index in [-0.39, 0.29) is 73.1 Å². The number of nitrogens with zero attached hydrogens (tertiary/aromatic N) is 7. The van der Waals surface area contributed by atoms with E-state index >= 15 is 17.6 Å². The quantitative estimate of drug-likeness (QED) is 0.0893. The number of aromatic nitrogens is 4. The van der Waals surface area contributed by atoms with Crippen LogP contribution in [0, 0.1) is 41.3 Å². The molecule has 0 bridgehead atoms. The maximum absolute atomic E-state index is 16.9. The summed E-state index contributed by atoms with van der Waals surface area (Å²) in [4.78, 5) is 63.6. The van der Waals surface area contributed by atoms with Gasteiger partial charge in [-0.25, -0.2) is 41.1 Å². The monoisotopic (exact) mass is 1060 g/mol. The van der Waals surface area contributed by atoms with Gasteiger partial charge in [-0.05, 0) is 101 Å². The van der Waals surface area contributed by atoms with E-state index in [0.29, 0.717) is 66.1 Å². The summed E-state index contributed by atoms with van der Waals surface area (Å²) < 4.78 is 112. The fourth-order valence-electron chi connectivity index (χ4n) is 11.6. The van der Waals surface area contributed by atoms with Gasteiger partial charge in [-0.15, -0.1) is 0 Å². The van der Waals surface area contributed by atoms with Gasteiger partial charge >= 0.3 is 6.09 Å². The normalized spacial score (nSPS) is 21.3. The number of benzene rings is 4. The van der Waals surface area contributed by atoms with E-state index in [4.69, 9.17) is 24.2 Å². The van der Waals surface area contributed by atoms with Gasteiger partial charge in [0, 0.05) is 70.3 Å². The van der Waals surface area contributed by atoms with Crippen molar-refractivity contribution in [3.8, 4) is 0 Å². The largest absolute Gasteiger partial charge is 0.453 e. The predicted octanol–water partition coefficient (Wildman–Crippen LogP) is 9.01. The van der Waals surface area contributed by atoms with Crippen molar-refractivity contribution in [3.05, 3.63) is 119 Å².